The van der Waals surface area contributed by atoms with Gasteiger partial charge in [0.1, 0.15) is 110 Å². The molecule has 5 heterocycles. The van der Waals surface area contributed by atoms with Gasteiger partial charge in [-0.15, -0.1) is 5.06 Å². The number of aliphatic hydroxyl groups is 16. The Morgan fingerprint density at radius 1 is 0.392 bits per heavy atom. The molecule has 102 heavy (non-hydrogen) atoms. The van der Waals surface area contributed by atoms with Crippen LogP contribution in [0, 0.1) is 0 Å². The normalized spacial score (nSPS) is 31.0. The van der Waals surface area contributed by atoms with Gasteiger partial charge in [-0.25, -0.2) is 4.79 Å². The van der Waals surface area contributed by atoms with E-state index in [0.717, 1.165) is 4.90 Å². The molecule has 0 radical (unpaired) electrons. The number of amides is 9. The van der Waals surface area contributed by atoms with Crippen molar-refractivity contribution in [1.29, 1.82) is 0 Å². The molecule has 5 saturated heterocycles. The SMILES string of the molecule is O=C(CC[C@H](NC(=O)CN(CC(=O)NCCCCCC(=O)ON1C(=O)CCC1=O)CC(=O)N[C@@H](CCC(=O)NCCO[C@H]1O[C@H](CO)[C@@H](O)[C@H](O)[C@H]1O)C(=O)NCCO[C@H]1O[C@H](CO)[C@@H](O)[C@H](O)[C@H]1O)C(=O)NCCO[C@H]1O[C@H](CO)[C@@H](O)[C@H](O)[C@@H]1O)NCCO[C@H]1O[C@H](CO)[C@@H](O)[C@H](O)[C@@H]1O. The lowest BCUT2D eigenvalue weighted by molar-refractivity contribution is -0.300. The number of imide groups is 1. The molecule has 0 aromatic rings. The summed E-state index contributed by atoms with van der Waals surface area (Å²) >= 11 is 0. The number of aliphatic hydroxyl groups excluding tert-OH is 16. The van der Waals surface area contributed by atoms with Crippen LogP contribution in [0.4, 0.5) is 0 Å². The maximum atomic E-state index is 14.2. The van der Waals surface area contributed by atoms with Crippen LogP contribution in [0.3, 0.4) is 0 Å². The van der Waals surface area contributed by atoms with Crippen molar-refractivity contribution in [1.82, 2.24) is 47.2 Å². The molecule has 5 aliphatic heterocycles. The lowest BCUT2D eigenvalue weighted by Crippen LogP contribution is -2.59. The monoisotopic (exact) mass is 1480 g/mol. The Kier molecular flexibility index (Phi) is 37.3. The minimum atomic E-state index is -1.82. The van der Waals surface area contributed by atoms with Crippen LogP contribution in [0.5, 0.6) is 0 Å². The molecule has 5 fully saturated rings. The van der Waals surface area contributed by atoms with E-state index in [1.807, 2.05) is 0 Å². The van der Waals surface area contributed by atoms with Crippen LogP contribution < -0.4 is 37.2 Å². The second-order valence-corrected chi connectivity index (χ2v) is 24.2. The molecule has 22 atom stereocenters. The summed E-state index contributed by atoms with van der Waals surface area (Å²) in [5.41, 5.74) is 0. The van der Waals surface area contributed by atoms with Gasteiger partial charge < -0.3 is 162 Å². The van der Waals surface area contributed by atoms with Crippen molar-refractivity contribution in [3.8, 4) is 0 Å². The van der Waals surface area contributed by atoms with Crippen molar-refractivity contribution in [2.75, 3.05) is 105 Å². The van der Waals surface area contributed by atoms with E-state index in [4.69, 9.17) is 42.7 Å². The van der Waals surface area contributed by atoms with Gasteiger partial charge in [-0.2, -0.15) is 0 Å². The molecule has 0 saturated carbocycles. The van der Waals surface area contributed by atoms with Crippen LogP contribution >= 0.6 is 0 Å². The zero-order valence-corrected chi connectivity index (χ0v) is 55.4. The molecule has 0 bridgehead atoms. The lowest BCUT2D eigenvalue weighted by atomic mass is 9.99. The first-order valence-electron chi connectivity index (χ1n) is 33.0. The summed E-state index contributed by atoms with van der Waals surface area (Å²) in [4.78, 5) is 138. The molecular formula is C58H97N9O35. The number of hydroxylamine groups is 2. The van der Waals surface area contributed by atoms with Gasteiger partial charge >= 0.3 is 5.97 Å². The van der Waals surface area contributed by atoms with Crippen LogP contribution in [-0.2, 0) is 90.7 Å². The predicted octanol–water partition coefficient (Wildman–Crippen LogP) is -15.2. The van der Waals surface area contributed by atoms with Gasteiger partial charge in [0.05, 0.1) is 72.5 Å². The first kappa shape index (κ1) is 86.5. The number of unbranched alkanes of at least 4 members (excludes halogenated alkanes) is 2. The van der Waals surface area contributed by atoms with Gasteiger partial charge in [-0.05, 0) is 25.7 Å². The molecule has 9 amide bonds. The van der Waals surface area contributed by atoms with Crippen molar-refractivity contribution < 1.29 is 172 Å². The second-order valence-electron chi connectivity index (χ2n) is 24.2. The summed E-state index contributed by atoms with van der Waals surface area (Å²) in [5.74, 6) is -8.66. The van der Waals surface area contributed by atoms with Crippen LogP contribution in [0.15, 0.2) is 0 Å². The van der Waals surface area contributed by atoms with Gasteiger partial charge in [0.25, 0.3) is 11.8 Å². The fourth-order valence-corrected chi connectivity index (χ4v) is 10.7. The Balaban J connectivity index is 1.29. The smallest absolute Gasteiger partial charge is 0.333 e. The number of hydrogen-bond donors (Lipinski definition) is 23. The molecule has 44 nitrogen and oxygen atoms in total. The summed E-state index contributed by atoms with van der Waals surface area (Å²) < 4.78 is 42.9. The van der Waals surface area contributed by atoms with Gasteiger partial charge in [0, 0.05) is 64.8 Å². The highest BCUT2D eigenvalue weighted by Crippen LogP contribution is 2.26. The molecular weight excluding hydrogens is 1380 g/mol. The summed E-state index contributed by atoms with van der Waals surface area (Å²) in [6.07, 6.45) is -34.6. The van der Waals surface area contributed by atoms with Gasteiger partial charge in [-0.3, -0.25) is 48.1 Å². The van der Waals surface area contributed by atoms with E-state index >= 15 is 0 Å². The number of hydrogen-bond acceptors (Lipinski definition) is 36. The molecule has 0 aromatic carbocycles. The zero-order chi connectivity index (χ0) is 75.3. The molecule has 0 aliphatic carbocycles. The average Bonchev–Trinajstić information content (AvgIpc) is 1.03. The molecule has 0 unspecified atom stereocenters. The molecule has 0 aromatic heterocycles. The van der Waals surface area contributed by atoms with Crippen LogP contribution in [-0.4, -0.2) is 391 Å². The fraction of sp³-hybridized carbons (Fsp3) is 0.828. The lowest BCUT2D eigenvalue weighted by Gasteiger charge is -2.39. The highest BCUT2D eigenvalue weighted by Gasteiger charge is 2.48. The molecule has 44 heteroatoms. The third-order valence-corrected chi connectivity index (χ3v) is 16.5. The van der Waals surface area contributed by atoms with Crippen LogP contribution in [0.1, 0.15) is 64.2 Å². The highest BCUT2D eigenvalue weighted by molar-refractivity contribution is 6.01. The van der Waals surface area contributed by atoms with Crippen molar-refractivity contribution in [2.45, 2.75) is 199 Å². The number of carbonyl (C=O) groups is 10. The third-order valence-electron chi connectivity index (χ3n) is 16.5. The zero-order valence-electron chi connectivity index (χ0n) is 55.4. The van der Waals surface area contributed by atoms with E-state index in [2.05, 4.69) is 37.2 Å². The fourth-order valence-electron chi connectivity index (χ4n) is 10.7. The minimum absolute atomic E-state index is 0.0578. The number of rotatable bonds is 43. The topological polar surface area (TPSA) is 668 Å². The van der Waals surface area contributed by atoms with E-state index in [0.29, 0.717) is 11.5 Å². The number of ether oxygens (including phenoxy) is 8. The standard InChI is InChI=1S/C58H97N9O35/c68-23-29-41(80)45(84)49(88)55(98-29)94-16-12-60-33(72)7-5-27(53(92)62-14-18-96-57-51(90)47(86)43(82)31(25-70)100-57)64-36(75)21-66(20-35(74)59-11-3-1-2-4-40(79)102-67-38(77)9-10-39(67)78)22-37(76)65-28(54(93)63-15-19-97-58-52(91)48(87)44(83)32(26-71)101-58)6-8-34(73)61-13-17-95-56-50(89)46(85)42(81)30(24-69)99-56/h27-32,41-52,55-58,68-71,80-91H,1-26H2,(H,59,74)(H,60,72)(H,61,73)(H,62,92)(H,63,93)(H,64,75)(H,65,76)/t27-,28-,29+,30+,31+,32+,41+,42+,43+,44+,45-,46-,47-,48-,49-,50+,51-,52+,55-,56-,57-,58-/m0/s1. The Labute approximate surface area is 581 Å². The minimum Gasteiger partial charge on any atom is -0.394 e. The maximum Gasteiger partial charge on any atom is 0.333 e. The highest BCUT2D eigenvalue weighted by atomic mass is 16.7. The van der Waals surface area contributed by atoms with Crippen LogP contribution in [0.2, 0.25) is 0 Å². The number of nitrogens with one attached hydrogen (secondary N) is 7. The number of carbonyl (C=O) groups excluding carboxylic acids is 10. The quantitative estimate of drug-likeness (QED) is 0.0199. The molecule has 0 spiro atoms. The third kappa shape index (κ3) is 26.8. The predicted molar refractivity (Wildman–Crippen MR) is 328 cm³/mol. The summed E-state index contributed by atoms with van der Waals surface area (Å²) in [6, 6.07) is -3.27. The van der Waals surface area contributed by atoms with E-state index in [1.165, 1.54) is 0 Å². The van der Waals surface area contributed by atoms with E-state index in [9.17, 15) is 130 Å². The second kappa shape index (κ2) is 44.0. The Bertz CT molecular complexity index is 2520. The summed E-state index contributed by atoms with van der Waals surface area (Å²) in [5, 5.41) is 178. The largest absolute Gasteiger partial charge is 0.394 e. The maximum absolute atomic E-state index is 14.2. The van der Waals surface area contributed by atoms with Crippen molar-refractivity contribution >= 4 is 59.1 Å². The van der Waals surface area contributed by atoms with Crippen molar-refractivity contribution in [3.05, 3.63) is 0 Å². The molecule has 5 aliphatic rings. The van der Waals surface area contributed by atoms with Gasteiger partial charge in [0.15, 0.2) is 25.2 Å². The molecule has 23 N–H and O–H groups in total. The Morgan fingerprint density at radius 2 is 0.706 bits per heavy atom. The molecule has 584 valence electrons. The van der Waals surface area contributed by atoms with Crippen molar-refractivity contribution in [2.24, 2.45) is 0 Å². The first-order chi connectivity index (χ1) is 48.5. The molecule has 5 rings (SSSR count). The van der Waals surface area contributed by atoms with E-state index in [-0.39, 0.29) is 65.0 Å². The Morgan fingerprint density at radius 3 is 1.04 bits per heavy atom. The first-order valence-corrected chi connectivity index (χ1v) is 33.0. The van der Waals surface area contributed by atoms with E-state index in [1.54, 1.807) is 0 Å². The number of nitrogens with zero attached hydrogens (tertiary/aromatic N) is 2. The van der Waals surface area contributed by atoms with Crippen LogP contribution in [0.25, 0.3) is 0 Å². The average molecular weight is 1480 g/mol. The summed E-state index contributed by atoms with van der Waals surface area (Å²) in [7, 11) is 0. The van der Waals surface area contributed by atoms with Gasteiger partial charge in [-0.1, -0.05) is 6.42 Å². The van der Waals surface area contributed by atoms with E-state index < -0.39 is 292 Å². The Hall–Kier alpha value is -6.10. The summed E-state index contributed by atoms with van der Waals surface area (Å²) in [6.45, 7) is -8.81. The van der Waals surface area contributed by atoms with Gasteiger partial charge in [0.2, 0.25) is 41.4 Å². The van der Waals surface area contributed by atoms with Crippen molar-refractivity contribution in [3.63, 3.8) is 0 Å².